The van der Waals surface area contributed by atoms with E-state index in [0.717, 1.165) is 50.1 Å². The molecule has 0 spiro atoms. The second-order valence-electron chi connectivity index (χ2n) is 19.4. The monoisotopic (exact) mass is 1220 g/mol. The fourth-order valence-electron chi connectivity index (χ4n) is 9.57. The van der Waals surface area contributed by atoms with Crippen LogP contribution in [0, 0.1) is 0 Å². The lowest BCUT2D eigenvalue weighted by molar-refractivity contribution is 0.0690. The number of hydrogen-bond acceptors (Lipinski definition) is 22. The maximum Gasteiger partial charge on any atom is 0.354 e. The first-order valence-corrected chi connectivity index (χ1v) is 29.8. The van der Waals surface area contributed by atoms with Gasteiger partial charge in [-0.05, 0) is 157 Å². The average Bonchev–Trinajstić information content (AvgIpc) is 2.34. The highest BCUT2D eigenvalue weighted by Gasteiger charge is 2.27. The summed E-state index contributed by atoms with van der Waals surface area (Å²) >= 11 is 0. The Bertz CT molecular complexity index is 3730. The van der Waals surface area contributed by atoms with Crippen molar-refractivity contribution in [2.75, 3.05) is 79.0 Å². The number of carbonyl (C=O) groups is 2. The predicted octanol–water partition coefficient (Wildman–Crippen LogP) is 10.7. The SMILES string of the molecule is CCOc1ccc(-c2nc(-c3cccc4c3CCC4NCCN(CC)CC)no2)cc1OCC.CCOc1ccc(-c2nc(-c3ccnc(C(=O)NCCO)c3)no2)cc1OCC.CCOc1ccc(-c2nc(-c3ccnc(C(=O)O)c3)no2)cc1OCC. The number of likely N-dealkylation sites (N-methyl/N-ethyl adjacent to an activating group) is 1. The van der Waals surface area contributed by atoms with E-state index in [2.05, 4.69) is 83.0 Å². The summed E-state index contributed by atoms with van der Waals surface area (Å²) < 4.78 is 50.1. The minimum atomic E-state index is -1.12. The van der Waals surface area contributed by atoms with Gasteiger partial charge in [0.25, 0.3) is 23.6 Å². The summed E-state index contributed by atoms with van der Waals surface area (Å²) in [5.74, 6) is 4.65. The van der Waals surface area contributed by atoms with Gasteiger partial charge in [-0.15, -0.1) is 0 Å². The summed E-state index contributed by atoms with van der Waals surface area (Å²) in [6.45, 7) is 23.3. The zero-order chi connectivity index (χ0) is 63.1. The van der Waals surface area contributed by atoms with E-state index in [0.29, 0.717) is 126 Å². The van der Waals surface area contributed by atoms with Crippen molar-refractivity contribution < 1.29 is 61.8 Å². The molecular formula is C65H75N11O13. The highest BCUT2D eigenvalue weighted by atomic mass is 16.5. The van der Waals surface area contributed by atoms with Crippen molar-refractivity contribution in [2.24, 2.45) is 0 Å². The molecule has 0 saturated heterocycles. The number of aliphatic hydroxyl groups excluding tert-OH is 1. The number of aromatic carboxylic acids is 1. The van der Waals surface area contributed by atoms with Gasteiger partial charge >= 0.3 is 5.97 Å². The van der Waals surface area contributed by atoms with Crippen molar-refractivity contribution in [1.29, 1.82) is 0 Å². The maximum absolute atomic E-state index is 12.0. The number of aromatic nitrogens is 8. The number of carboxylic acids is 1. The Balaban J connectivity index is 0.000000174. The lowest BCUT2D eigenvalue weighted by Crippen LogP contribution is -2.33. The van der Waals surface area contributed by atoms with E-state index < -0.39 is 11.9 Å². The molecule has 0 aliphatic heterocycles. The molecule has 24 nitrogen and oxygen atoms in total. The Morgan fingerprint density at radius 3 is 1.45 bits per heavy atom. The van der Waals surface area contributed by atoms with Crippen molar-refractivity contribution in [3.8, 4) is 103 Å². The van der Waals surface area contributed by atoms with E-state index >= 15 is 0 Å². The molecule has 1 atom stereocenters. The van der Waals surface area contributed by atoms with Crippen LogP contribution in [-0.4, -0.2) is 146 Å². The number of hydrogen-bond donors (Lipinski definition) is 4. The van der Waals surface area contributed by atoms with E-state index in [9.17, 15) is 9.59 Å². The highest BCUT2D eigenvalue weighted by Crippen LogP contribution is 2.39. The average molecular weight is 1220 g/mol. The molecule has 24 heteroatoms. The van der Waals surface area contributed by atoms with Gasteiger partial charge in [0.05, 0.1) is 46.2 Å². The predicted molar refractivity (Wildman–Crippen MR) is 331 cm³/mol. The molecule has 10 rings (SSSR count). The fraction of sp³-hybridized carbons (Fsp3) is 0.354. The van der Waals surface area contributed by atoms with E-state index in [1.807, 2.05) is 65.8 Å². The van der Waals surface area contributed by atoms with Crippen molar-refractivity contribution in [1.82, 2.24) is 55.9 Å². The standard InChI is InChI=1S/C27H36N4O3.C20H22N4O5.C18H17N3O5/c1-5-31(6-2)17-16-28-23-14-13-20-21(23)10-9-11-22(20)26-29-27(34-30-26)19-12-15-24(32-7-3)25(18-19)33-8-4;1-3-27-16-6-5-14(12-17(16)28-4-2)20-23-18(24-29-20)13-7-8-21-15(11-13)19(26)22-9-10-25;1-3-24-14-6-5-12(10-15(14)25-4-2)17-20-16(21-26-17)11-7-8-19-13(9-11)18(22)23/h9-12,15,18,23,28H,5-8,13-14,16-17H2,1-4H3;5-8,11-12,25H,3-4,9-10H2,1-2H3,(H,22,26);5-10H,3-4H2,1-2H3,(H,22,23). The summed E-state index contributed by atoms with van der Waals surface area (Å²) in [6.07, 6.45) is 4.98. The van der Waals surface area contributed by atoms with E-state index in [1.165, 1.54) is 29.6 Å². The van der Waals surface area contributed by atoms with Crippen molar-refractivity contribution >= 4 is 11.9 Å². The normalized spacial score (nSPS) is 12.3. The summed E-state index contributed by atoms with van der Waals surface area (Å²) in [5.41, 5.74) is 7.08. The van der Waals surface area contributed by atoms with Crippen LogP contribution in [-0.2, 0) is 6.42 Å². The Hall–Kier alpha value is -9.78. The molecular weight excluding hydrogens is 1140 g/mol. The van der Waals surface area contributed by atoms with Crippen LogP contribution < -0.4 is 39.1 Å². The lowest BCUT2D eigenvalue weighted by Gasteiger charge is -2.20. The third-order valence-corrected chi connectivity index (χ3v) is 13.8. The molecule has 89 heavy (non-hydrogen) atoms. The molecule has 1 aliphatic carbocycles. The van der Waals surface area contributed by atoms with Crippen LogP contribution in [0.4, 0.5) is 0 Å². The van der Waals surface area contributed by atoms with Gasteiger partial charge in [-0.2, -0.15) is 15.0 Å². The zero-order valence-electron chi connectivity index (χ0n) is 51.3. The smallest absolute Gasteiger partial charge is 0.354 e. The number of benzene rings is 4. The number of pyridine rings is 2. The molecule has 1 aliphatic rings. The van der Waals surface area contributed by atoms with Crippen LogP contribution in [0.25, 0.3) is 68.5 Å². The van der Waals surface area contributed by atoms with Gasteiger partial charge in [0.2, 0.25) is 17.5 Å². The summed E-state index contributed by atoms with van der Waals surface area (Å²) in [6, 6.07) is 29.5. The molecule has 4 N–H and O–H groups in total. The molecule has 9 aromatic rings. The molecule has 1 unspecified atom stereocenters. The van der Waals surface area contributed by atoms with Gasteiger partial charge in [0.1, 0.15) is 11.4 Å². The van der Waals surface area contributed by atoms with Gasteiger partial charge in [0.15, 0.2) is 34.5 Å². The number of carbonyl (C=O) groups excluding carboxylic acids is 1. The molecule has 0 saturated carbocycles. The van der Waals surface area contributed by atoms with Gasteiger partial charge in [-0.25, -0.2) is 9.78 Å². The Labute approximate surface area is 515 Å². The molecule has 0 fully saturated rings. The minimum Gasteiger partial charge on any atom is -0.490 e. The lowest BCUT2D eigenvalue weighted by atomic mass is 10.0. The first kappa shape index (κ1) is 65.2. The van der Waals surface area contributed by atoms with Gasteiger partial charge < -0.3 is 67.7 Å². The number of carboxylic acid groups (broad SMARTS) is 1. The first-order valence-electron chi connectivity index (χ1n) is 29.8. The topological polar surface area (TPSA) is 300 Å². The quantitative estimate of drug-likeness (QED) is 0.0354. The number of nitrogens with zero attached hydrogens (tertiary/aromatic N) is 9. The van der Waals surface area contributed by atoms with Gasteiger partial charge in [-0.1, -0.05) is 47.5 Å². The van der Waals surface area contributed by atoms with Crippen molar-refractivity contribution in [3.05, 3.63) is 132 Å². The molecule has 468 valence electrons. The van der Waals surface area contributed by atoms with Crippen LogP contribution in [0.1, 0.15) is 100.0 Å². The summed E-state index contributed by atoms with van der Waals surface area (Å²) in [4.78, 5) is 46.8. The highest BCUT2D eigenvalue weighted by molar-refractivity contribution is 5.93. The number of aliphatic hydroxyl groups is 1. The minimum absolute atomic E-state index is 0.0893. The largest absolute Gasteiger partial charge is 0.490 e. The second kappa shape index (κ2) is 32.8. The molecule has 0 radical (unpaired) electrons. The Kier molecular flexibility index (Phi) is 24.0. The Morgan fingerprint density at radius 1 is 0.539 bits per heavy atom. The number of amides is 1. The molecule has 4 aromatic carbocycles. The van der Waals surface area contributed by atoms with Gasteiger partial charge in [-0.3, -0.25) is 9.78 Å². The molecule has 1 amide bonds. The van der Waals surface area contributed by atoms with Crippen LogP contribution in [0.3, 0.4) is 0 Å². The summed E-state index contributed by atoms with van der Waals surface area (Å²) in [7, 11) is 0. The fourth-order valence-corrected chi connectivity index (χ4v) is 9.57. The first-order chi connectivity index (χ1) is 43.5. The van der Waals surface area contributed by atoms with E-state index in [4.69, 9.17) is 57.2 Å². The number of fused-ring (bicyclic) bond motifs is 1. The summed E-state index contributed by atoms with van der Waals surface area (Å²) in [5, 5.41) is 36.4. The van der Waals surface area contributed by atoms with E-state index in [1.54, 1.807) is 48.5 Å². The third-order valence-electron chi connectivity index (χ3n) is 13.8. The molecule has 5 heterocycles. The van der Waals surface area contributed by atoms with Crippen LogP contribution in [0.15, 0.2) is 123 Å². The second-order valence-corrected chi connectivity index (χ2v) is 19.4. The third kappa shape index (κ3) is 17.1. The van der Waals surface area contributed by atoms with Crippen LogP contribution in [0.5, 0.6) is 34.5 Å². The van der Waals surface area contributed by atoms with Crippen molar-refractivity contribution in [2.45, 2.75) is 74.3 Å². The maximum atomic E-state index is 12.0. The van der Waals surface area contributed by atoms with Crippen LogP contribution in [0.2, 0.25) is 0 Å². The number of nitrogens with one attached hydrogen (secondary N) is 2. The Morgan fingerprint density at radius 2 is 0.989 bits per heavy atom. The zero-order valence-corrected chi connectivity index (χ0v) is 51.3. The molecule has 5 aromatic heterocycles. The molecule has 0 bridgehead atoms. The van der Waals surface area contributed by atoms with Crippen LogP contribution >= 0.6 is 0 Å². The van der Waals surface area contributed by atoms with E-state index in [-0.39, 0.29) is 36.3 Å². The van der Waals surface area contributed by atoms with Crippen molar-refractivity contribution in [3.63, 3.8) is 0 Å². The number of ether oxygens (including phenoxy) is 6. The number of rotatable bonds is 28. The van der Waals surface area contributed by atoms with Gasteiger partial charge in [0, 0.05) is 71.5 Å².